The van der Waals surface area contributed by atoms with E-state index in [2.05, 4.69) is 0 Å². The second-order valence-electron chi connectivity index (χ2n) is 2.44. The largest absolute Gasteiger partial charge is 0.808 e. The molecule has 0 aliphatic heterocycles. The Kier molecular flexibility index (Phi) is 2.29. The predicted octanol–water partition coefficient (Wildman–Crippen LogP) is 0.358. The fourth-order valence-electron chi connectivity index (χ4n) is 1.07. The lowest BCUT2D eigenvalue weighted by Gasteiger charge is -2.34. The van der Waals surface area contributed by atoms with Crippen LogP contribution in [0.4, 0.5) is 0 Å². The summed E-state index contributed by atoms with van der Waals surface area (Å²) >= 11 is 0. The molecule has 0 N–H and O–H groups in total. The number of hydrogen-bond donors (Lipinski definition) is 0. The van der Waals surface area contributed by atoms with Crippen LogP contribution in [-0.4, -0.2) is 0 Å². The predicted molar refractivity (Wildman–Crippen MR) is 34.2 cm³/mol. The van der Waals surface area contributed by atoms with E-state index in [9.17, 15) is 14.4 Å². The lowest BCUT2D eigenvalue weighted by atomic mass is 10.1. The van der Waals surface area contributed by atoms with E-state index in [1.54, 1.807) is 6.08 Å². The van der Waals surface area contributed by atoms with Crippen molar-refractivity contribution in [1.29, 1.82) is 0 Å². The molecule has 58 valence electrons. The van der Waals surface area contributed by atoms with Crippen molar-refractivity contribution in [3.63, 3.8) is 0 Å². The van der Waals surface area contributed by atoms with Crippen LogP contribution in [0.1, 0.15) is 25.7 Å². The standard InChI is InChI=1S/C6H11O3P/c7-10(8,9)6-4-2-1-3-5-6/h4H,1-3,5H2,(H2,7,8,9)/p-2. The molecule has 0 bridgehead atoms. The Balaban J connectivity index is 2.72. The van der Waals surface area contributed by atoms with Crippen molar-refractivity contribution in [1.82, 2.24) is 0 Å². The SMILES string of the molecule is O=P([O-])([O-])C1=CCCCC1. The molecule has 4 heteroatoms. The minimum absolute atomic E-state index is 0.110. The van der Waals surface area contributed by atoms with E-state index in [0.717, 1.165) is 19.3 Å². The minimum atomic E-state index is -4.38. The van der Waals surface area contributed by atoms with Crippen LogP contribution in [0.15, 0.2) is 11.4 Å². The van der Waals surface area contributed by atoms with E-state index in [1.807, 2.05) is 0 Å². The summed E-state index contributed by atoms with van der Waals surface area (Å²) < 4.78 is 10.4. The van der Waals surface area contributed by atoms with Crippen molar-refractivity contribution in [3.8, 4) is 0 Å². The second kappa shape index (κ2) is 2.87. The molecule has 0 amide bonds. The highest BCUT2D eigenvalue weighted by Crippen LogP contribution is 2.41. The van der Waals surface area contributed by atoms with Gasteiger partial charge in [0.25, 0.3) is 0 Å². The minimum Gasteiger partial charge on any atom is -0.808 e. The summed E-state index contributed by atoms with van der Waals surface area (Å²) in [6, 6.07) is 0. The molecule has 1 aliphatic carbocycles. The molecular formula is C6H9O3P-2. The van der Waals surface area contributed by atoms with Crippen LogP contribution in [0.3, 0.4) is 0 Å². The van der Waals surface area contributed by atoms with Gasteiger partial charge in [0.2, 0.25) is 0 Å². The van der Waals surface area contributed by atoms with Crippen molar-refractivity contribution >= 4 is 7.60 Å². The first-order valence-corrected chi connectivity index (χ1v) is 4.86. The molecule has 0 atom stereocenters. The van der Waals surface area contributed by atoms with Crippen LogP contribution in [-0.2, 0) is 4.57 Å². The van der Waals surface area contributed by atoms with Gasteiger partial charge >= 0.3 is 0 Å². The van der Waals surface area contributed by atoms with Gasteiger partial charge in [0.15, 0.2) is 0 Å². The average molecular weight is 160 g/mol. The zero-order valence-corrected chi connectivity index (χ0v) is 6.47. The van der Waals surface area contributed by atoms with Crippen LogP contribution < -0.4 is 9.79 Å². The highest BCUT2D eigenvalue weighted by molar-refractivity contribution is 7.53. The summed E-state index contributed by atoms with van der Waals surface area (Å²) in [6.45, 7) is 0. The molecule has 0 aromatic heterocycles. The van der Waals surface area contributed by atoms with Crippen molar-refractivity contribution in [2.24, 2.45) is 0 Å². The molecule has 3 nitrogen and oxygen atoms in total. The summed E-state index contributed by atoms with van der Waals surface area (Å²) in [7, 11) is -4.38. The van der Waals surface area contributed by atoms with Crippen molar-refractivity contribution < 1.29 is 14.4 Å². The first-order chi connectivity index (χ1) is 4.61. The highest BCUT2D eigenvalue weighted by Gasteiger charge is 2.05. The molecule has 10 heavy (non-hydrogen) atoms. The Morgan fingerprint density at radius 2 is 2.10 bits per heavy atom. The molecule has 0 spiro atoms. The topological polar surface area (TPSA) is 63.2 Å². The molecule has 0 aromatic rings. The first kappa shape index (κ1) is 7.99. The van der Waals surface area contributed by atoms with Crippen molar-refractivity contribution in [2.75, 3.05) is 0 Å². The van der Waals surface area contributed by atoms with E-state index in [4.69, 9.17) is 0 Å². The summed E-state index contributed by atoms with van der Waals surface area (Å²) in [5, 5.41) is 0.110. The number of hydrogen-bond acceptors (Lipinski definition) is 3. The zero-order chi connectivity index (χ0) is 7.61. The molecule has 1 aliphatic rings. The third-order valence-electron chi connectivity index (χ3n) is 1.62. The summed E-state index contributed by atoms with van der Waals surface area (Å²) in [5.41, 5.74) is 0. The van der Waals surface area contributed by atoms with Gasteiger partial charge in [-0.3, -0.25) is 0 Å². The van der Waals surface area contributed by atoms with Gasteiger partial charge in [-0.25, -0.2) is 0 Å². The van der Waals surface area contributed by atoms with Crippen LogP contribution in [0.2, 0.25) is 0 Å². The number of rotatable bonds is 1. The van der Waals surface area contributed by atoms with E-state index < -0.39 is 7.60 Å². The first-order valence-electron chi connectivity index (χ1n) is 3.32. The normalized spacial score (nSPS) is 20.4. The third kappa shape index (κ3) is 1.94. The molecule has 0 aromatic carbocycles. The van der Waals surface area contributed by atoms with E-state index in [1.165, 1.54) is 0 Å². The molecule has 0 radical (unpaired) electrons. The quantitative estimate of drug-likeness (QED) is 0.520. The third-order valence-corrected chi connectivity index (χ3v) is 2.73. The maximum atomic E-state index is 10.4. The van der Waals surface area contributed by atoms with Gasteiger partial charge in [-0.1, -0.05) is 6.08 Å². The Labute approximate surface area is 59.9 Å². The van der Waals surface area contributed by atoms with E-state index >= 15 is 0 Å². The monoisotopic (exact) mass is 160 g/mol. The molecular weight excluding hydrogens is 151 g/mol. The molecule has 0 unspecified atom stereocenters. The van der Waals surface area contributed by atoms with Gasteiger partial charge in [-0.05, 0) is 38.6 Å². The lowest BCUT2D eigenvalue weighted by Crippen LogP contribution is -2.16. The molecule has 1 rings (SSSR count). The summed E-state index contributed by atoms with van der Waals surface area (Å²) in [4.78, 5) is 20.8. The maximum absolute atomic E-state index is 10.4. The lowest BCUT2D eigenvalue weighted by molar-refractivity contribution is -0.310. The van der Waals surface area contributed by atoms with Crippen molar-refractivity contribution in [3.05, 3.63) is 11.4 Å². The van der Waals surface area contributed by atoms with Gasteiger partial charge in [0, 0.05) is 0 Å². The van der Waals surface area contributed by atoms with Crippen LogP contribution in [0.25, 0.3) is 0 Å². The fraction of sp³-hybridized carbons (Fsp3) is 0.667. The van der Waals surface area contributed by atoms with E-state index in [0.29, 0.717) is 6.42 Å². The van der Waals surface area contributed by atoms with Gasteiger partial charge < -0.3 is 14.4 Å². The number of allylic oxidation sites excluding steroid dienone is 2. The smallest absolute Gasteiger partial charge is 0.0270 e. The highest BCUT2D eigenvalue weighted by atomic mass is 31.2. The van der Waals surface area contributed by atoms with Crippen LogP contribution in [0.5, 0.6) is 0 Å². The Hall–Kier alpha value is -0.110. The van der Waals surface area contributed by atoms with Gasteiger partial charge in [-0.2, -0.15) is 0 Å². The summed E-state index contributed by atoms with van der Waals surface area (Å²) in [6.07, 6.45) is 4.57. The molecule has 0 heterocycles. The van der Waals surface area contributed by atoms with Crippen LogP contribution >= 0.6 is 7.60 Å². The van der Waals surface area contributed by atoms with Crippen LogP contribution in [0, 0.1) is 0 Å². The second-order valence-corrected chi connectivity index (χ2v) is 4.01. The molecule has 0 saturated carbocycles. The van der Waals surface area contributed by atoms with Gasteiger partial charge in [0.05, 0.1) is 0 Å². The zero-order valence-electron chi connectivity index (χ0n) is 5.58. The van der Waals surface area contributed by atoms with Gasteiger partial charge in [-0.15, -0.1) is 0 Å². The van der Waals surface area contributed by atoms with Crippen molar-refractivity contribution in [2.45, 2.75) is 25.7 Å². The Morgan fingerprint density at radius 3 is 2.40 bits per heavy atom. The molecule has 0 fully saturated rings. The molecule has 0 saturated heterocycles. The average Bonchev–Trinajstić information content (AvgIpc) is 1.88. The fourth-order valence-corrected chi connectivity index (χ4v) is 1.85. The van der Waals surface area contributed by atoms with Gasteiger partial charge in [0.1, 0.15) is 0 Å². The summed E-state index contributed by atoms with van der Waals surface area (Å²) in [5.74, 6) is 0. The Morgan fingerprint density at radius 1 is 1.40 bits per heavy atom. The maximum Gasteiger partial charge on any atom is -0.0270 e. The van der Waals surface area contributed by atoms with E-state index in [-0.39, 0.29) is 5.31 Å². The Bertz CT molecular complexity index is 191.